The lowest BCUT2D eigenvalue weighted by molar-refractivity contribution is -0.136. The van der Waals surface area contributed by atoms with Gasteiger partial charge in [0.1, 0.15) is 0 Å². The van der Waals surface area contributed by atoms with Crippen LogP contribution < -0.4 is 0 Å². The van der Waals surface area contributed by atoms with Gasteiger partial charge < -0.3 is 9.72 Å². The number of fused-ring (bicyclic) bond motifs is 1. The molecule has 1 N–H and O–H groups in total. The molecule has 2 rings (SSSR count). The van der Waals surface area contributed by atoms with Gasteiger partial charge in [-0.1, -0.05) is 18.2 Å². The lowest BCUT2D eigenvalue weighted by atomic mass is 10.1. The Morgan fingerprint density at radius 1 is 1.47 bits per heavy atom. The number of hydrogen-bond acceptors (Lipinski definition) is 2. The Bertz CT molecular complexity index is 473. The van der Waals surface area contributed by atoms with Crippen molar-refractivity contribution in [2.24, 2.45) is 0 Å². The second kappa shape index (κ2) is 4.17. The highest BCUT2D eigenvalue weighted by atomic mass is 16.5. The van der Waals surface area contributed by atoms with E-state index in [-0.39, 0.29) is 5.97 Å². The molecular formula is C12H12NO2. The number of rotatable bonds is 3. The molecule has 3 nitrogen and oxygen atoms in total. The second-order valence-electron chi connectivity index (χ2n) is 3.29. The number of esters is 1. The predicted octanol–water partition coefficient (Wildman–Crippen LogP) is 2.09. The van der Waals surface area contributed by atoms with Crippen LogP contribution in [0.2, 0.25) is 0 Å². The van der Waals surface area contributed by atoms with Crippen molar-refractivity contribution >= 4 is 16.9 Å². The monoisotopic (exact) mass is 202 g/mol. The van der Waals surface area contributed by atoms with E-state index in [1.807, 2.05) is 30.5 Å². The fourth-order valence-corrected chi connectivity index (χ4v) is 1.58. The van der Waals surface area contributed by atoms with E-state index in [1.165, 1.54) is 13.5 Å². The molecule has 3 heteroatoms. The molecule has 0 unspecified atom stereocenters. The number of benzene rings is 1. The molecule has 1 radical (unpaired) electrons. The molecule has 0 aliphatic carbocycles. The maximum Gasteiger partial charge on any atom is 0.309 e. The van der Waals surface area contributed by atoms with Gasteiger partial charge >= 0.3 is 5.97 Å². The zero-order chi connectivity index (χ0) is 10.7. The molecule has 15 heavy (non-hydrogen) atoms. The topological polar surface area (TPSA) is 42.1 Å². The van der Waals surface area contributed by atoms with E-state index in [4.69, 9.17) is 0 Å². The van der Waals surface area contributed by atoms with Crippen LogP contribution in [0.1, 0.15) is 5.56 Å². The number of carbonyl (C=O) groups is 1. The third kappa shape index (κ3) is 2.01. The Balaban J connectivity index is 2.18. The second-order valence-corrected chi connectivity index (χ2v) is 3.29. The molecule has 0 amide bonds. The number of aromatic nitrogens is 1. The van der Waals surface area contributed by atoms with Crippen LogP contribution >= 0.6 is 0 Å². The smallest absolute Gasteiger partial charge is 0.309 e. The van der Waals surface area contributed by atoms with Gasteiger partial charge in [0.15, 0.2) is 0 Å². The highest BCUT2D eigenvalue weighted by molar-refractivity contribution is 5.85. The molecule has 0 saturated heterocycles. The molecule has 2 aromatic rings. The minimum Gasteiger partial charge on any atom is -0.469 e. The molecule has 0 atom stereocenters. The van der Waals surface area contributed by atoms with Crippen molar-refractivity contribution in [3.63, 3.8) is 0 Å². The molecule has 0 bridgehead atoms. The van der Waals surface area contributed by atoms with E-state index in [2.05, 4.69) is 9.72 Å². The van der Waals surface area contributed by atoms with Gasteiger partial charge in [0.05, 0.1) is 13.5 Å². The van der Waals surface area contributed by atoms with Crippen LogP contribution in [0.25, 0.3) is 10.9 Å². The summed E-state index contributed by atoms with van der Waals surface area (Å²) in [6.07, 6.45) is 4.05. The van der Waals surface area contributed by atoms with Gasteiger partial charge in [0.2, 0.25) is 0 Å². The van der Waals surface area contributed by atoms with Crippen molar-refractivity contribution in [3.8, 4) is 0 Å². The van der Waals surface area contributed by atoms with E-state index in [0.717, 1.165) is 16.5 Å². The van der Waals surface area contributed by atoms with Crippen LogP contribution in [0.3, 0.4) is 0 Å². The average Bonchev–Trinajstić information content (AvgIpc) is 2.69. The van der Waals surface area contributed by atoms with Crippen LogP contribution in [0.5, 0.6) is 0 Å². The Kier molecular flexibility index (Phi) is 2.72. The summed E-state index contributed by atoms with van der Waals surface area (Å²) in [5.41, 5.74) is 2.20. The first-order valence-electron chi connectivity index (χ1n) is 4.77. The maximum absolute atomic E-state index is 11.0. The van der Waals surface area contributed by atoms with Gasteiger partial charge in [0, 0.05) is 17.1 Å². The van der Waals surface area contributed by atoms with Crippen molar-refractivity contribution in [3.05, 3.63) is 42.4 Å². The summed E-state index contributed by atoms with van der Waals surface area (Å²) >= 11 is 0. The normalized spacial score (nSPS) is 10.5. The van der Waals surface area contributed by atoms with Crippen LogP contribution in [0.4, 0.5) is 0 Å². The largest absolute Gasteiger partial charge is 0.469 e. The zero-order valence-corrected chi connectivity index (χ0v) is 8.49. The van der Waals surface area contributed by atoms with E-state index in [1.54, 1.807) is 0 Å². The van der Waals surface area contributed by atoms with Crippen molar-refractivity contribution < 1.29 is 9.53 Å². The molecular weight excluding hydrogens is 190 g/mol. The Hall–Kier alpha value is -1.77. The number of nitrogens with one attached hydrogen (secondary N) is 1. The standard InChI is InChI=1S/C12H12NO2/c1-15-12(14)7-6-9-8-13-11-5-3-2-4-10(9)11/h2-5,7-8,13H,6H2,1H3. The SMILES string of the molecule is COC(=O)[CH]Cc1c[nH]c2ccccc12. The molecule has 0 aliphatic rings. The van der Waals surface area contributed by atoms with Crippen molar-refractivity contribution in [2.45, 2.75) is 6.42 Å². The van der Waals surface area contributed by atoms with Gasteiger partial charge in [-0.25, -0.2) is 0 Å². The predicted molar refractivity (Wildman–Crippen MR) is 58.3 cm³/mol. The van der Waals surface area contributed by atoms with Crippen LogP contribution in [-0.4, -0.2) is 18.1 Å². The first-order valence-corrected chi connectivity index (χ1v) is 4.77. The molecule has 0 aliphatic heterocycles. The van der Waals surface area contributed by atoms with Crippen molar-refractivity contribution in [2.75, 3.05) is 7.11 Å². The summed E-state index contributed by atoms with van der Waals surface area (Å²) in [6.45, 7) is 0. The number of aromatic amines is 1. The van der Waals surface area contributed by atoms with Gasteiger partial charge in [-0.3, -0.25) is 4.79 Å². The quantitative estimate of drug-likeness (QED) is 0.774. The van der Waals surface area contributed by atoms with Crippen molar-refractivity contribution in [1.29, 1.82) is 0 Å². The van der Waals surface area contributed by atoms with Crippen LogP contribution in [-0.2, 0) is 16.0 Å². The Morgan fingerprint density at radius 2 is 2.27 bits per heavy atom. The average molecular weight is 202 g/mol. The molecule has 0 fully saturated rings. The summed E-state index contributed by atoms with van der Waals surface area (Å²) < 4.78 is 4.56. The summed E-state index contributed by atoms with van der Waals surface area (Å²) in [5.74, 6) is -0.291. The summed E-state index contributed by atoms with van der Waals surface area (Å²) in [7, 11) is 1.38. The summed E-state index contributed by atoms with van der Waals surface area (Å²) in [5, 5.41) is 1.15. The number of para-hydroxylation sites is 1. The van der Waals surface area contributed by atoms with E-state index < -0.39 is 0 Å². The number of ether oxygens (including phenoxy) is 1. The number of carbonyl (C=O) groups excluding carboxylic acids is 1. The van der Waals surface area contributed by atoms with Gasteiger partial charge in [-0.15, -0.1) is 0 Å². The minimum atomic E-state index is -0.291. The van der Waals surface area contributed by atoms with Gasteiger partial charge in [-0.2, -0.15) is 0 Å². The molecule has 1 aromatic heterocycles. The number of hydrogen-bond donors (Lipinski definition) is 1. The Labute approximate surface area is 88.1 Å². The van der Waals surface area contributed by atoms with Crippen molar-refractivity contribution in [1.82, 2.24) is 4.98 Å². The van der Waals surface area contributed by atoms with E-state index in [9.17, 15) is 4.79 Å². The lowest BCUT2D eigenvalue weighted by Gasteiger charge is -1.97. The van der Waals surface area contributed by atoms with E-state index >= 15 is 0 Å². The van der Waals surface area contributed by atoms with Gasteiger partial charge in [0.25, 0.3) is 0 Å². The minimum absolute atomic E-state index is 0.291. The number of methoxy groups -OCH3 is 1. The van der Waals surface area contributed by atoms with Crippen LogP contribution in [0, 0.1) is 6.42 Å². The third-order valence-corrected chi connectivity index (χ3v) is 2.36. The zero-order valence-electron chi connectivity index (χ0n) is 8.49. The maximum atomic E-state index is 11.0. The molecule has 1 heterocycles. The first-order chi connectivity index (χ1) is 7.31. The first kappa shape index (κ1) is 9.77. The van der Waals surface area contributed by atoms with Crippen LogP contribution in [0.15, 0.2) is 30.5 Å². The highest BCUT2D eigenvalue weighted by Crippen LogP contribution is 2.18. The molecule has 1 aromatic carbocycles. The Morgan fingerprint density at radius 3 is 3.07 bits per heavy atom. The highest BCUT2D eigenvalue weighted by Gasteiger charge is 2.06. The third-order valence-electron chi connectivity index (χ3n) is 2.36. The lowest BCUT2D eigenvalue weighted by Crippen LogP contribution is -2.02. The fourth-order valence-electron chi connectivity index (χ4n) is 1.58. The number of H-pyrrole nitrogens is 1. The van der Waals surface area contributed by atoms with E-state index in [0.29, 0.717) is 6.42 Å². The summed E-state index contributed by atoms with van der Waals surface area (Å²) in [6, 6.07) is 8.01. The molecule has 0 saturated carbocycles. The fraction of sp³-hybridized carbons (Fsp3) is 0.167. The molecule has 0 spiro atoms. The molecule has 77 valence electrons. The summed E-state index contributed by atoms with van der Waals surface area (Å²) in [4.78, 5) is 14.1. The van der Waals surface area contributed by atoms with Gasteiger partial charge in [-0.05, 0) is 18.1 Å².